The predicted molar refractivity (Wildman–Crippen MR) is 56.3 cm³/mol. The van der Waals surface area contributed by atoms with Gasteiger partial charge in [-0.2, -0.15) is 0 Å². The molecule has 78 valence electrons. The van der Waals surface area contributed by atoms with Gasteiger partial charge < -0.3 is 0 Å². The lowest BCUT2D eigenvalue weighted by molar-refractivity contribution is 0.587. The standard InChI is InChI=1S/C9H7ClN2O2S/c10-9-4-2-6-12(9)15(13,14)8-3-1-5-11-7-8/h1-7H. The normalized spacial score (nSPS) is 11.5. The van der Waals surface area contributed by atoms with Gasteiger partial charge in [-0.05, 0) is 24.3 Å². The lowest BCUT2D eigenvalue weighted by Crippen LogP contribution is -2.11. The molecule has 0 aliphatic rings. The third kappa shape index (κ3) is 1.75. The Morgan fingerprint density at radius 2 is 2.07 bits per heavy atom. The van der Waals surface area contributed by atoms with Crippen molar-refractivity contribution in [2.45, 2.75) is 4.90 Å². The van der Waals surface area contributed by atoms with Crippen LogP contribution in [0.3, 0.4) is 0 Å². The van der Waals surface area contributed by atoms with Gasteiger partial charge in [-0.1, -0.05) is 11.6 Å². The number of hydrogen-bond donors (Lipinski definition) is 0. The summed E-state index contributed by atoms with van der Waals surface area (Å²) < 4.78 is 24.9. The van der Waals surface area contributed by atoms with Gasteiger partial charge in [-0.15, -0.1) is 0 Å². The first-order chi connectivity index (χ1) is 7.12. The van der Waals surface area contributed by atoms with E-state index < -0.39 is 10.0 Å². The largest absolute Gasteiger partial charge is 0.270 e. The molecule has 0 atom stereocenters. The van der Waals surface area contributed by atoms with Crippen molar-refractivity contribution in [1.29, 1.82) is 0 Å². The first kappa shape index (κ1) is 10.2. The van der Waals surface area contributed by atoms with Gasteiger partial charge in [-0.25, -0.2) is 12.4 Å². The molecule has 0 fully saturated rings. The Labute approximate surface area is 92.2 Å². The summed E-state index contributed by atoms with van der Waals surface area (Å²) in [5.74, 6) is 0. The minimum absolute atomic E-state index is 0.114. The maximum absolute atomic E-state index is 12.0. The summed E-state index contributed by atoms with van der Waals surface area (Å²) in [6.45, 7) is 0. The topological polar surface area (TPSA) is 52.0 Å². The highest BCUT2D eigenvalue weighted by atomic mass is 35.5. The van der Waals surface area contributed by atoms with E-state index in [0.717, 1.165) is 3.97 Å². The predicted octanol–water partition coefficient (Wildman–Crippen LogP) is 1.77. The molecular weight excluding hydrogens is 236 g/mol. The molecule has 2 heterocycles. The molecule has 0 radical (unpaired) electrons. The van der Waals surface area contributed by atoms with E-state index in [0.29, 0.717) is 0 Å². The molecule has 0 amide bonds. The van der Waals surface area contributed by atoms with Crippen LogP contribution in [0.1, 0.15) is 0 Å². The van der Waals surface area contributed by atoms with Crippen molar-refractivity contribution in [2.75, 3.05) is 0 Å². The monoisotopic (exact) mass is 242 g/mol. The highest BCUT2D eigenvalue weighted by Gasteiger charge is 2.18. The lowest BCUT2D eigenvalue weighted by atomic mass is 10.5. The van der Waals surface area contributed by atoms with Crippen LogP contribution in [0.2, 0.25) is 5.15 Å². The van der Waals surface area contributed by atoms with Gasteiger partial charge in [0.1, 0.15) is 10.0 Å². The summed E-state index contributed by atoms with van der Waals surface area (Å²) in [6, 6.07) is 6.11. The minimum Gasteiger partial charge on any atom is -0.263 e. The molecule has 6 heteroatoms. The summed E-state index contributed by atoms with van der Waals surface area (Å²) in [4.78, 5) is 3.87. The first-order valence-corrected chi connectivity index (χ1v) is 5.92. The molecule has 0 aromatic carbocycles. The molecule has 0 bridgehead atoms. The highest BCUT2D eigenvalue weighted by molar-refractivity contribution is 7.90. The number of pyridine rings is 1. The quantitative estimate of drug-likeness (QED) is 0.807. The average Bonchev–Trinajstić information content (AvgIpc) is 2.66. The SMILES string of the molecule is O=S(=O)(c1cccnc1)n1cccc1Cl. The Morgan fingerprint density at radius 1 is 1.27 bits per heavy atom. The number of nitrogens with zero attached hydrogens (tertiary/aromatic N) is 2. The minimum atomic E-state index is -3.60. The number of halogens is 1. The third-order valence-corrected chi connectivity index (χ3v) is 3.94. The fraction of sp³-hybridized carbons (Fsp3) is 0. The Morgan fingerprint density at radius 3 is 2.60 bits per heavy atom. The Balaban J connectivity index is 2.60. The zero-order chi connectivity index (χ0) is 10.9. The summed E-state index contributed by atoms with van der Waals surface area (Å²) in [6.07, 6.45) is 4.19. The molecule has 0 aliphatic carbocycles. The van der Waals surface area contributed by atoms with E-state index in [2.05, 4.69) is 4.98 Å². The highest BCUT2D eigenvalue weighted by Crippen LogP contribution is 2.18. The second kappa shape index (κ2) is 3.67. The fourth-order valence-electron chi connectivity index (χ4n) is 1.15. The van der Waals surface area contributed by atoms with Crippen LogP contribution in [0, 0.1) is 0 Å². The third-order valence-electron chi connectivity index (χ3n) is 1.86. The summed E-state index contributed by atoms with van der Waals surface area (Å²) in [5, 5.41) is 0.152. The van der Waals surface area contributed by atoms with Gasteiger partial charge in [0.05, 0.1) is 0 Å². The van der Waals surface area contributed by atoms with Crippen molar-refractivity contribution in [1.82, 2.24) is 8.96 Å². The van der Waals surface area contributed by atoms with E-state index >= 15 is 0 Å². The number of rotatable bonds is 2. The average molecular weight is 243 g/mol. The van der Waals surface area contributed by atoms with Crippen LogP contribution >= 0.6 is 11.6 Å². The molecule has 2 aromatic rings. The zero-order valence-electron chi connectivity index (χ0n) is 7.54. The van der Waals surface area contributed by atoms with Crippen LogP contribution < -0.4 is 0 Å². The molecule has 0 spiro atoms. The molecule has 2 aromatic heterocycles. The molecular formula is C9H7ClN2O2S. The van der Waals surface area contributed by atoms with Gasteiger partial charge in [0.2, 0.25) is 0 Å². The van der Waals surface area contributed by atoms with E-state index in [1.807, 2.05) is 0 Å². The van der Waals surface area contributed by atoms with Crippen molar-refractivity contribution in [3.63, 3.8) is 0 Å². The van der Waals surface area contributed by atoms with Gasteiger partial charge >= 0.3 is 0 Å². The number of hydrogen-bond acceptors (Lipinski definition) is 3. The molecule has 4 nitrogen and oxygen atoms in total. The molecule has 15 heavy (non-hydrogen) atoms. The molecule has 0 saturated carbocycles. The van der Waals surface area contributed by atoms with Gasteiger partial charge in [0.15, 0.2) is 0 Å². The Hall–Kier alpha value is -1.33. The second-order valence-electron chi connectivity index (χ2n) is 2.82. The van der Waals surface area contributed by atoms with Crippen molar-refractivity contribution in [2.24, 2.45) is 0 Å². The van der Waals surface area contributed by atoms with Crippen molar-refractivity contribution >= 4 is 21.6 Å². The van der Waals surface area contributed by atoms with E-state index in [1.165, 1.54) is 30.7 Å². The van der Waals surface area contributed by atoms with Crippen LogP contribution in [0.15, 0.2) is 47.8 Å². The van der Waals surface area contributed by atoms with Gasteiger partial charge in [0.25, 0.3) is 10.0 Å². The molecule has 2 rings (SSSR count). The van der Waals surface area contributed by atoms with E-state index in [4.69, 9.17) is 11.6 Å². The van der Waals surface area contributed by atoms with Crippen molar-refractivity contribution < 1.29 is 8.42 Å². The van der Waals surface area contributed by atoms with Crippen molar-refractivity contribution in [3.05, 3.63) is 48.0 Å². The van der Waals surface area contributed by atoms with E-state index in [1.54, 1.807) is 12.1 Å². The van der Waals surface area contributed by atoms with E-state index in [9.17, 15) is 8.42 Å². The van der Waals surface area contributed by atoms with Gasteiger partial charge in [-0.3, -0.25) is 4.98 Å². The smallest absolute Gasteiger partial charge is 0.263 e. The molecule has 0 saturated heterocycles. The summed E-state index contributed by atoms with van der Waals surface area (Å²) in [7, 11) is -3.60. The summed E-state index contributed by atoms with van der Waals surface area (Å²) in [5.41, 5.74) is 0. The van der Waals surface area contributed by atoms with Crippen LogP contribution in [0.25, 0.3) is 0 Å². The molecule has 0 aliphatic heterocycles. The first-order valence-electron chi connectivity index (χ1n) is 4.11. The second-order valence-corrected chi connectivity index (χ2v) is 5.02. The van der Waals surface area contributed by atoms with Crippen molar-refractivity contribution in [3.8, 4) is 0 Å². The number of aromatic nitrogens is 2. The molecule has 0 N–H and O–H groups in total. The van der Waals surface area contributed by atoms with Crippen LogP contribution in [-0.2, 0) is 10.0 Å². The Bertz CT molecular complexity index is 563. The maximum atomic E-state index is 12.0. The Kier molecular flexibility index (Phi) is 2.50. The van der Waals surface area contributed by atoms with Gasteiger partial charge in [0, 0.05) is 18.6 Å². The lowest BCUT2D eigenvalue weighted by Gasteiger charge is -2.05. The molecule has 0 unspecified atom stereocenters. The maximum Gasteiger partial charge on any atom is 0.270 e. The summed E-state index contributed by atoms with van der Waals surface area (Å²) >= 11 is 5.74. The fourth-order valence-corrected chi connectivity index (χ4v) is 2.75. The van der Waals surface area contributed by atoms with Crippen LogP contribution in [0.5, 0.6) is 0 Å². The van der Waals surface area contributed by atoms with E-state index in [-0.39, 0.29) is 10.0 Å². The zero-order valence-corrected chi connectivity index (χ0v) is 9.11. The van der Waals surface area contributed by atoms with Crippen LogP contribution in [-0.4, -0.2) is 17.4 Å². The van der Waals surface area contributed by atoms with Crippen LogP contribution in [0.4, 0.5) is 0 Å².